The Morgan fingerprint density at radius 3 is 2.52 bits per heavy atom. The molecular weight excluding hydrogens is 442 g/mol. The minimum atomic E-state index is -0.0232. The van der Waals surface area contributed by atoms with E-state index in [0.717, 1.165) is 34.7 Å². The molecule has 0 unspecified atom stereocenters. The molecule has 1 aliphatic heterocycles. The Labute approximate surface area is 196 Å². The van der Waals surface area contributed by atoms with E-state index in [1.165, 1.54) is 16.7 Å². The number of carbonyl (C=O) groups excluding carboxylic acids is 1. The van der Waals surface area contributed by atoms with Gasteiger partial charge in [0.1, 0.15) is 4.32 Å². The van der Waals surface area contributed by atoms with Gasteiger partial charge in [-0.2, -0.15) is 5.10 Å². The van der Waals surface area contributed by atoms with Gasteiger partial charge in [0.2, 0.25) is 0 Å². The Balaban J connectivity index is 1.76. The summed E-state index contributed by atoms with van der Waals surface area (Å²) < 4.78 is 2.49. The molecule has 0 bridgehead atoms. The van der Waals surface area contributed by atoms with Crippen molar-refractivity contribution in [3.05, 3.63) is 71.3 Å². The molecule has 1 fully saturated rings. The molecule has 1 aromatic heterocycles. The first-order valence-electron chi connectivity index (χ1n) is 10.2. The highest BCUT2D eigenvalue weighted by Crippen LogP contribution is 2.35. The number of rotatable bonds is 7. The van der Waals surface area contributed by atoms with Crippen molar-refractivity contribution in [2.45, 2.75) is 25.2 Å². The summed E-state index contributed by atoms with van der Waals surface area (Å²) in [7, 11) is 0. The lowest BCUT2D eigenvalue weighted by molar-refractivity contribution is -0.122. The second-order valence-electron chi connectivity index (χ2n) is 7.00. The van der Waals surface area contributed by atoms with Gasteiger partial charge in [0.15, 0.2) is 0 Å². The minimum Gasteiger partial charge on any atom is -0.293 e. The highest BCUT2D eigenvalue weighted by Gasteiger charge is 2.31. The van der Waals surface area contributed by atoms with E-state index in [0.29, 0.717) is 15.8 Å². The van der Waals surface area contributed by atoms with Crippen LogP contribution in [0.3, 0.4) is 0 Å². The Morgan fingerprint density at radius 2 is 1.84 bits per heavy atom. The van der Waals surface area contributed by atoms with Crippen molar-refractivity contribution in [3.63, 3.8) is 0 Å². The molecule has 2 heterocycles. The molecule has 3 aromatic rings. The van der Waals surface area contributed by atoms with Gasteiger partial charge >= 0.3 is 0 Å². The van der Waals surface area contributed by atoms with Crippen LogP contribution < -0.4 is 0 Å². The maximum Gasteiger partial charge on any atom is 0.266 e. The summed E-state index contributed by atoms with van der Waals surface area (Å²) in [5, 5.41) is 4.87. The van der Waals surface area contributed by atoms with Gasteiger partial charge in [0.05, 0.1) is 16.3 Å². The molecule has 4 nitrogen and oxygen atoms in total. The zero-order chi connectivity index (χ0) is 21.8. The van der Waals surface area contributed by atoms with Crippen LogP contribution in [0.5, 0.6) is 0 Å². The van der Waals surface area contributed by atoms with Crippen molar-refractivity contribution in [1.29, 1.82) is 0 Å². The van der Waals surface area contributed by atoms with Gasteiger partial charge in [0.25, 0.3) is 5.91 Å². The van der Waals surface area contributed by atoms with Gasteiger partial charge in [-0.05, 0) is 42.5 Å². The molecule has 158 valence electrons. The van der Waals surface area contributed by atoms with Crippen LogP contribution in [-0.4, -0.2) is 37.2 Å². The van der Waals surface area contributed by atoms with Crippen LogP contribution >= 0.6 is 35.7 Å². The Kier molecular flexibility index (Phi) is 6.95. The lowest BCUT2D eigenvalue weighted by Crippen LogP contribution is -2.28. The van der Waals surface area contributed by atoms with Gasteiger partial charge in [-0.15, -0.1) is 11.8 Å². The number of nitrogens with zero attached hydrogens (tertiary/aromatic N) is 3. The second kappa shape index (κ2) is 9.85. The number of thiocarbonyl (C=S) groups is 1. The van der Waals surface area contributed by atoms with Crippen LogP contribution in [0.15, 0.2) is 70.6 Å². The number of aromatic nitrogens is 2. The fourth-order valence-corrected chi connectivity index (χ4v) is 5.32. The lowest BCUT2D eigenvalue weighted by Gasteiger charge is -2.11. The lowest BCUT2D eigenvalue weighted by atomic mass is 10.1. The largest absolute Gasteiger partial charge is 0.293 e. The first-order chi connectivity index (χ1) is 15.1. The maximum absolute atomic E-state index is 12.9. The van der Waals surface area contributed by atoms with Crippen LogP contribution in [0.4, 0.5) is 0 Å². The first kappa shape index (κ1) is 21.9. The third-order valence-corrected chi connectivity index (χ3v) is 7.08. The molecule has 0 N–H and O–H groups in total. The standard InChI is InChI=1S/C24H23N3OS3/c1-3-14-26-23(28)21(31-24(26)29)15-18-16-27(19-8-6-5-7-9-19)25-22(18)17-10-12-20(13-11-17)30-4-2/h5-13,15-16H,3-4,14H2,1-2H3/b21-15-. The van der Waals surface area contributed by atoms with Crippen LogP contribution in [0.2, 0.25) is 0 Å². The number of carbonyl (C=O) groups is 1. The van der Waals surface area contributed by atoms with Crippen molar-refractivity contribution in [2.24, 2.45) is 0 Å². The molecule has 7 heteroatoms. The summed E-state index contributed by atoms with van der Waals surface area (Å²) in [5.74, 6) is 1.01. The highest BCUT2D eigenvalue weighted by atomic mass is 32.2. The summed E-state index contributed by atoms with van der Waals surface area (Å²) in [4.78, 5) is 16.4. The van der Waals surface area contributed by atoms with Gasteiger partial charge < -0.3 is 0 Å². The number of thioether (sulfide) groups is 2. The minimum absolute atomic E-state index is 0.0232. The summed E-state index contributed by atoms with van der Waals surface area (Å²) in [6.07, 6.45) is 4.77. The third-order valence-electron chi connectivity index (χ3n) is 4.81. The zero-order valence-electron chi connectivity index (χ0n) is 17.4. The fourth-order valence-electron chi connectivity index (χ4n) is 3.36. The number of hydrogen-bond acceptors (Lipinski definition) is 5. The molecule has 1 amide bonds. The van der Waals surface area contributed by atoms with E-state index in [2.05, 4.69) is 31.2 Å². The van der Waals surface area contributed by atoms with Gasteiger partial charge in [-0.3, -0.25) is 9.69 Å². The molecule has 31 heavy (non-hydrogen) atoms. The predicted octanol–water partition coefficient (Wildman–Crippen LogP) is 6.26. The molecule has 0 saturated carbocycles. The van der Waals surface area contributed by atoms with Crippen molar-refractivity contribution in [2.75, 3.05) is 12.3 Å². The fraction of sp³-hybridized carbons (Fsp3) is 0.208. The number of amides is 1. The van der Waals surface area contributed by atoms with Crippen LogP contribution in [-0.2, 0) is 4.79 Å². The molecule has 0 radical (unpaired) electrons. The monoisotopic (exact) mass is 465 g/mol. The third kappa shape index (κ3) is 4.79. The first-order valence-corrected chi connectivity index (χ1v) is 12.5. The van der Waals surface area contributed by atoms with Crippen molar-refractivity contribution < 1.29 is 4.79 Å². The average molecular weight is 466 g/mol. The summed E-state index contributed by atoms with van der Waals surface area (Å²) in [6, 6.07) is 18.4. The molecular formula is C24H23N3OS3. The summed E-state index contributed by atoms with van der Waals surface area (Å²) in [5.41, 5.74) is 3.74. The summed E-state index contributed by atoms with van der Waals surface area (Å²) in [6.45, 7) is 4.84. The van der Waals surface area contributed by atoms with Gasteiger partial charge in [-0.25, -0.2) is 4.68 Å². The number of para-hydroxylation sites is 1. The average Bonchev–Trinajstić information content (AvgIpc) is 3.32. The highest BCUT2D eigenvalue weighted by molar-refractivity contribution is 8.26. The van der Waals surface area contributed by atoms with Crippen LogP contribution in [0.25, 0.3) is 23.0 Å². The van der Waals surface area contributed by atoms with Crippen molar-refractivity contribution in [1.82, 2.24) is 14.7 Å². The normalized spacial score (nSPS) is 15.3. The second-order valence-corrected chi connectivity index (χ2v) is 10.0. The molecule has 4 rings (SSSR count). The summed E-state index contributed by atoms with van der Waals surface area (Å²) >= 11 is 8.60. The molecule has 2 aromatic carbocycles. The Bertz CT molecular complexity index is 1120. The van der Waals surface area contributed by atoms with E-state index in [9.17, 15) is 4.79 Å². The number of benzene rings is 2. The van der Waals surface area contributed by atoms with E-state index in [4.69, 9.17) is 17.3 Å². The molecule has 1 saturated heterocycles. The Hall–Kier alpha value is -2.35. The van der Waals surface area contributed by atoms with Crippen LogP contribution in [0.1, 0.15) is 25.8 Å². The van der Waals surface area contributed by atoms with E-state index in [1.807, 2.05) is 66.0 Å². The van der Waals surface area contributed by atoms with Crippen molar-refractivity contribution in [3.8, 4) is 16.9 Å². The SMILES string of the molecule is CCCN1C(=O)/C(=C/c2cn(-c3ccccc3)nc2-c2ccc(SCC)cc2)SC1=S. The molecule has 0 aliphatic carbocycles. The molecule has 0 atom stereocenters. The van der Waals surface area contributed by atoms with Gasteiger partial charge in [0, 0.05) is 28.8 Å². The van der Waals surface area contributed by atoms with Crippen LogP contribution in [0, 0.1) is 0 Å². The smallest absolute Gasteiger partial charge is 0.266 e. The van der Waals surface area contributed by atoms with E-state index in [1.54, 1.807) is 4.90 Å². The van der Waals surface area contributed by atoms with E-state index < -0.39 is 0 Å². The molecule has 1 aliphatic rings. The van der Waals surface area contributed by atoms with Gasteiger partial charge in [-0.1, -0.05) is 68.2 Å². The molecule has 0 spiro atoms. The topological polar surface area (TPSA) is 38.1 Å². The van der Waals surface area contributed by atoms with E-state index in [-0.39, 0.29) is 5.91 Å². The number of hydrogen-bond donors (Lipinski definition) is 0. The van der Waals surface area contributed by atoms with E-state index >= 15 is 0 Å². The van der Waals surface area contributed by atoms with Crippen molar-refractivity contribution >= 4 is 52.0 Å². The maximum atomic E-state index is 12.9. The predicted molar refractivity (Wildman–Crippen MR) is 136 cm³/mol. The zero-order valence-corrected chi connectivity index (χ0v) is 19.9. The quantitative estimate of drug-likeness (QED) is 0.234. The Morgan fingerprint density at radius 1 is 1.10 bits per heavy atom.